The van der Waals surface area contributed by atoms with E-state index in [0.717, 1.165) is 39.6 Å². The van der Waals surface area contributed by atoms with Crippen LogP contribution in [0.2, 0.25) is 0 Å². The van der Waals surface area contributed by atoms with Gasteiger partial charge in [0, 0.05) is 37.8 Å². The van der Waals surface area contributed by atoms with E-state index in [1.165, 1.54) is 12.8 Å². The number of nitrogens with zero attached hydrogens (tertiary/aromatic N) is 4. The van der Waals surface area contributed by atoms with Crippen LogP contribution in [-0.2, 0) is 16.3 Å². The number of aromatic amines is 1. The molecule has 8 heteroatoms. The molecular formula is C25H29N5O2S. The van der Waals surface area contributed by atoms with Gasteiger partial charge in [0.15, 0.2) is 5.82 Å². The zero-order chi connectivity index (χ0) is 23.5. The van der Waals surface area contributed by atoms with Crippen molar-refractivity contribution in [3.8, 4) is 22.6 Å². The van der Waals surface area contributed by atoms with Gasteiger partial charge in [-0.25, -0.2) is 13.6 Å². The normalized spacial score (nSPS) is 18.2. The minimum Gasteiger partial charge on any atom is -0.341 e. The van der Waals surface area contributed by atoms with Crippen LogP contribution >= 0.6 is 0 Å². The Hall–Kier alpha value is -3.00. The molecule has 2 atom stereocenters. The second kappa shape index (κ2) is 7.80. The highest BCUT2D eigenvalue weighted by Gasteiger charge is 2.40. The highest BCUT2D eigenvalue weighted by atomic mass is 32.2. The molecule has 1 aliphatic carbocycles. The first-order valence-corrected chi connectivity index (χ1v) is 13.2. The van der Waals surface area contributed by atoms with Crippen molar-refractivity contribution in [2.24, 2.45) is 10.3 Å². The third-order valence-corrected chi connectivity index (χ3v) is 8.85. The zero-order valence-corrected chi connectivity index (χ0v) is 20.5. The number of pyridine rings is 1. The van der Waals surface area contributed by atoms with Crippen LogP contribution in [0.25, 0.3) is 22.6 Å². The van der Waals surface area contributed by atoms with Gasteiger partial charge < -0.3 is 9.88 Å². The van der Waals surface area contributed by atoms with E-state index in [9.17, 15) is 9.00 Å². The second-order valence-corrected chi connectivity index (χ2v) is 11.6. The van der Waals surface area contributed by atoms with Gasteiger partial charge in [-0.3, -0.25) is 9.78 Å². The Bertz CT molecular complexity index is 1380. The van der Waals surface area contributed by atoms with Crippen LogP contribution in [0.5, 0.6) is 0 Å². The first-order chi connectivity index (χ1) is 15.7. The number of hydrogen-bond donors (Lipinski definition) is 1. The van der Waals surface area contributed by atoms with Crippen LogP contribution in [-0.4, -0.2) is 49.3 Å². The van der Waals surface area contributed by atoms with Gasteiger partial charge in [-0.15, -0.1) is 0 Å². The molecule has 2 aromatic heterocycles. The van der Waals surface area contributed by atoms with Crippen LogP contribution in [0.15, 0.2) is 39.7 Å². The van der Waals surface area contributed by atoms with Crippen molar-refractivity contribution in [3.05, 3.63) is 53.0 Å². The predicted molar refractivity (Wildman–Crippen MR) is 129 cm³/mol. The van der Waals surface area contributed by atoms with Gasteiger partial charge in [-0.2, -0.15) is 0 Å². The lowest BCUT2D eigenvalue weighted by atomic mass is 10.0. The molecule has 1 saturated carbocycles. The number of rotatable bonds is 5. The Morgan fingerprint density at radius 1 is 1.21 bits per heavy atom. The maximum absolute atomic E-state index is 13.4. The summed E-state index contributed by atoms with van der Waals surface area (Å²) in [6, 6.07) is 8.02. The smallest absolute Gasteiger partial charge is 0.256 e. The highest BCUT2D eigenvalue weighted by Crippen LogP contribution is 2.41. The summed E-state index contributed by atoms with van der Waals surface area (Å²) < 4.78 is 17.6. The number of H-pyrrole nitrogens is 1. The quantitative estimate of drug-likeness (QED) is 0.599. The third kappa shape index (κ3) is 3.76. The average Bonchev–Trinajstić information content (AvgIpc) is 3.53. The summed E-state index contributed by atoms with van der Waals surface area (Å²) in [7, 11) is -1.16. The maximum atomic E-state index is 13.4. The highest BCUT2D eigenvalue weighted by molar-refractivity contribution is 7.93. The number of imidazole rings is 1. The molecule has 1 aliphatic heterocycles. The Labute approximate surface area is 194 Å². The summed E-state index contributed by atoms with van der Waals surface area (Å²) in [5.74, 6) is 1.26. The molecule has 0 radical (unpaired) electrons. The summed E-state index contributed by atoms with van der Waals surface area (Å²) in [4.78, 5) is 28.2. The van der Waals surface area contributed by atoms with Crippen molar-refractivity contribution < 1.29 is 9.00 Å². The van der Waals surface area contributed by atoms with Gasteiger partial charge >= 0.3 is 0 Å². The zero-order valence-electron chi connectivity index (χ0n) is 19.7. The van der Waals surface area contributed by atoms with E-state index in [2.05, 4.69) is 32.3 Å². The van der Waals surface area contributed by atoms with Crippen LogP contribution in [0, 0.1) is 19.8 Å². The van der Waals surface area contributed by atoms with Crippen molar-refractivity contribution in [2.45, 2.75) is 51.1 Å². The molecule has 2 aliphatic rings. The monoisotopic (exact) mass is 463 g/mol. The molecule has 5 rings (SSSR count). The molecule has 2 unspecified atom stereocenters. The van der Waals surface area contributed by atoms with Gasteiger partial charge in [0.05, 0.1) is 25.9 Å². The van der Waals surface area contributed by atoms with Gasteiger partial charge in [0.1, 0.15) is 5.69 Å². The second-order valence-electron chi connectivity index (χ2n) is 9.23. The first-order valence-electron chi connectivity index (χ1n) is 11.3. The minimum atomic E-state index is -2.71. The van der Waals surface area contributed by atoms with E-state index in [1.807, 2.05) is 36.9 Å². The Balaban J connectivity index is 1.63. The van der Waals surface area contributed by atoms with Crippen LogP contribution in [0.3, 0.4) is 0 Å². The summed E-state index contributed by atoms with van der Waals surface area (Å²) in [5.41, 5.74) is 6.01. The van der Waals surface area contributed by atoms with E-state index in [4.69, 9.17) is 0 Å². The minimum absolute atomic E-state index is 0.0267. The number of aryl methyl sites for hydroxylation is 2. The molecule has 1 amide bonds. The lowest BCUT2D eigenvalue weighted by molar-refractivity contribution is 0.0695. The number of carbonyl (C=O) groups is 1. The van der Waals surface area contributed by atoms with Crippen molar-refractivity contribution in [1.82, 2.24) is 19.9 Å². The predicted octanol–water partition coefficient (Wildman–Crippen LogP) is 4.60. The van der Waals surface area contributed by atoms with E-state index in [0.29, 0.717) is 22.9 Å². The Kier molecular flexibility index (Phi) is 5.16. The van der Waals surface area contributed by atoms with Crippen molar-refractivity contribution in [1.29, 1.82) is 0 Å². The van der Waals surface area contributed by atoms with E-state index in [1.54, 1.807) is 19.5 Å². The molecule has 33 heavy (non-hydrogen) atoms. The lowest BCUT2D eigenvalue weighted by Gasteiger charge is -2.24. The number of benzene rings is 1. The maximum Gasteiger partial charge on any atom is 0.256 e. The van der Waals surface area contributed by atoms with Gasteiger partial charge in [-0.1, -0.05) is 0 Å². The van der Waals surface area contributed by atoms with Crippen LogP contribution < -0.4 is 0 Å². The SMILES string of the molecule is CN=S(C)(=O)c1cc(-c2ccnc(-c3nc(C)c(C)[nH]3)c2)cc2c1C(=O)N(C(C)C1CC1)C2. The van der Waals surface area contributed by atoms with Crippen LogP contribution in [0.1, 0.15) is 47.1 Å². The Morgan fingerprint density at radius 3 is 2.61 bits per heavy atom. The first kappa shape index (κ1) is 21.8. The molecule has 0 saturated heterocycles. The van der Waals surface area contributed by atoms with Crippen LogP contribution in [0.4, 0.5) is 0 Å². The Morgan fingerprint density at radius 2 is 1.97 bits per heavy atom. The van der Waals surface area contributed by atoms with Crippen molar-refractivity contribution >= 4 is 15.6 Å². The molecule has 1 fully saturated rings. The topological polar surface area (TPSA) is 91.3 Å². The summed E-state index contributed by atoms with van der Waals surface area (Å²) >= 11 is 0. The molecular weight excluding hydrogens is 434 g/mol. The number of hydrogen-bond acceptors (Lipinski definition) is 5. The molecule has 3 aromatic rings. The number of fused-ring (bicyclic) bond motifs is 1. The molecule has 1 aromatic carbocycles. The number of nitrogens with one attached hydrogen (secondary N) is 1. The molecule has 1 N–H and O–H groups in total. The standard InChI is InChI=1S/C25H29N5O2S/c1-14-15(2)29-24(28-14)21-11-18(8-9-27-21)19-10-20-13-30(16(3)17-6-7-17)25(31)23(20)22(12-19)33(5,32)26-4/h8-12,16-17H,6-7,13H2,1-5H3,(H,28,29). The van der Waals surface area contributed by atoms with Gasteiger partial charge in [0.25, 0.3) is 5.91 Å². The summed E-state index contributed by atoms with van der Waals surface area (Å²) in [6.07, 6.45) is 5.70. The molecule has 172 valence electrons. The van der Waals surface area contributed by atoms with E-state index < -0.39 is 9.73 Å². The largest absolute Gasteiger partial charge is 0.341 e. The lowest BCUT2D eigenvalue weighted by Crippen LogP contribution is -2.35. The fraction of sp³-hybridized carbons (Fsp3) is 0.400. The summed E-state index contributed by atoms with van der Waals surface area (Å²) in [5, 5.41) is 0. The third-order valence-electron chi connectivity index (χ3n) is 7.02. The van der Waals surface area contributed by atoms with Gasteiger partial charge in [-0.05, 0) is 80.5 Å². The molecule has 0 spiro atoms. The molecule has 0 bridgehead atoms. The summed E-state index contributed by atoms with van der Waals surface area (Å²) in [6.45, 7) is 6.61. The van der Waals surface area contributed by atoms with E-state index in [-0.39, 0.29) is 11.9 Å². The van der Waals surface area contributed by atoms with Crippen molar-refractivity contribution in [3.63, 3.8) is 0 Å². The van der Waals surface area contributed by atoms with Gasteiger partial charge in [0.2, 0.25) is 0 Å². The number of aromatic nitrogens is 3. The fourth-order valence-electron chi connectivity index (χ4n) is 4.57. The van der Waals surface area contributed by atoms with E-state index >= 15 is 0 Å². The number of amides is 1. The number of carbonyl (C=O) groups excluding carboxylic acids is 1. The average molecular weight is 464 g/mol. The molecule has 3 heterocycles. The molecule has 7 nitrogen and oxygen atoms in total. The fourth-order valence-corrected chi connectivity index (χ4v) is 5.71. The van der Waals surface area contributed by atoms with Crippen molar-refractivity contribution in [2.75, 3.05) is 13.3 Å².